The number of amides is 1. The molecular weight excluding hydrogens is 332 g/mol. The lowest BCUT2D eigenvalue weighted by molar-refractivity contribution is -0.117. The molecule has 0 spiro atoms. The summed E-state index contributed by atoms with van der Waals surface area (Å²) in [5.74, 6) is -0.0222. The number of aromatic nitrogens is 2. The van der Waals surface area contributed by atoms with E-state index < -0.39 is 0 Å². The molecule has 1 atom stereocenters. The Labute approximate surface area is 151 Å². The van der Waals surface area contributed by atoms with Crippen LogP contribution in [0.5, 0.6) is 0 Å². The van der Waals surface area contributed by atoms with Crippen molar-refractivity contribution in [3.05, 3.63) is 53.6 Å². The van der Waals surface area contributed by atoms with E-state index in [4.69, 9.17) is 0 Å². The third-order valence-electron chi connectivity index (χ3n) is 4.82. The van der Waals surface area contributed by atoms with Gasteiger partial charge in [0.25, 0.3) is 0 Å². The fourth-order valence-electron chi connectivity index (χ4n) is 3.62. The average Bonchev–Trinajstić information content (AvgIpc) is 3.11. The van der Waals surface area contributed by atoms with Crippen LogP contribution in [0, 0.1) is 0 Å². The molecule has 3 aromatic rings. The Bertz CT molecular complexity index is 907. The zero-order valence-corrected chi connectivity index (χ0v) is 14.9. The highest BCUT2D eigenvalue weighted by Gasteiger charge is 2.24. The highest BCUT2D eigenvalue weighted by atomic mass is 32.1. The summed E-state index contributed by atoms with van der Waals surface area (Å²) in [7, 11) is 2.03. The van der Waals surface area contributed by atoms with Crippen molar-refractivity contribution in [1.82, 2.24) is 13.6 Å². The van der Waals surface area contributed by atoms with Gasteiger partial charge in [-0.3, -0.25) is 9.69 Å². The largest absolute Gasteiger partial charge is 0.323 e. The van der Waals surface area contributed by atoms with E-state index in [0.29, 0.717) is 12.6 Å². The highest BCUT2D eigenvalue weighted by molar-refractivity contribution is 7.00. The Morgan fingerprint density at radius 2 is 2.12 bits per heavy atom. The van der Waals surface area contributed by atoms with Gasteiger partial charge in [0.1, 0.15) is 11.0 Å². The van der Waals surface area contributed by atoms with Gasteiger partial charge < -0.3 is 5.32 Å². The van der Waals surface area contributed by atoms with Gasteiger partial charge in [-0.15, -0.1) is 0 Å². The molecule has 1 amide bonds. The average molecular weight is 352 g/mol. The van der Waals surface area contributed by atoms with Crippen LogP contribution < -0.4 is 5.32 Å². The summed E-state index contributed by atoms with van der Waals surface area (Å²) >= 11 is 1.16. The van der Waals surface area contributed by atoms with E-state index >= 15 is 0 Å². The molecule has 4 rings (SSSR count). The van der Waals surface area contributed by atoms with Crippen molar-refractivity contribution in [2.45, 2.75) is 25.3 Å². The van der Waals surface area contributed by atoms with E-state index in [0.717, 1.165) is 47.7 Å². The molecule has 1 N–H and O–H groups in total. The minimum atomic E-state index is -0.0222. The van der Waals surface area contributed by atoms with Gasteiger partial charge in [-0.1, -0.05) is 30.3 Å². The van der Waals surface area contributed by atoms with Crippen LogP contribution in [-0.4, -0.2) is 33.1 Å². The van der Waals surface area contributed by atoms with Crippen molar-refractivity contribution in [3.8, 4) is 0 Å². The fourth-order valence-corrected chi connectivity index (χ4v) is 4.17. The van der Waals surface area contributed by atoms with Crippen LogP contribution in [0.15, 0.2) is 42.5 Å². The third-order valence-corrected chi connectivity index (χ3v) is 5.37. The number of anilines is 1. The van der Waals surface area contributed by atoms with E-state index in [2.05, 4.69) is 43.2 Å². The normalized spacial score (nSPS) is 16.8. The Hall–Kier alpha value is -2.31. The number of nitrogens with one attached hydrogen (secondary N) is 1. The Morgan fingerprint density at radius 3 is 3.04 bits per heavy atom. The molecule has 0 saturated carbocycles. The zero-order chi connectivity index (χ0) is 17.2. The van der Waals surface area contributed by atoms with Gasteiger partial charge >= 0.3 is 0 Å². The standard InChI is InChI=1S/C19H20N4OS/c1-23(17-11-4-7-13-6-2-3-8-14(13)17)12-18(24)20-15-9-5-10-16-19(15)22-25-21-16/h2-3,5-6,8-10,17H,4,7,11-12H2,1H3,(H,20,24)/t17-/m0/s1. The van der Waals surface area contributed by atoms with E-state index in [-0.39, 0.29) is 5.91 Å². The van der Waals surface area contributed by atoms with Crippen molar-refractivity contribution < 1.29 is 4.79 Å². The maximum absolute atomic E-state index is 12.5. The van der Waals surface area contributed by atoms with Gasteiger partial charge in [0.05, 0.1) is 24.0 Å². The van der Waals surface area contributed by atoms with Crippen molar-refractivity contribution in [1.29, 1.82) is 0 Å². The van der Waals surface area contributed by atoms with Crippen LogP contribution in [0.4, 0.5) is 5.69 Å². The molecule has 128 valence electrons. The summed E-state index contributed by atoms with van der Waals surface area (Å²) in [4.78, 5) is 14.7. The van der Waals surface area contributed by atoms with Crippen LogP contribution in [-0.2, 0) is 11.2 Å². The molecule has 1 aromatic heterocycles. The summed E-state index contributed by atoms with van der Waals surface area (Å²) in [6, 6.07) is 14.5. The van der Waals surface area contributed by atoms with E-state index in [1.807, 2.05) is 25.2 Å². The minimum Gasteiger partial charge on any atom is -0.323 e. The zero-order valence-electron chi connectivity index (χ0n) is 14.1. The van der Waals surface area contributed by atoms with Crippen LogP contribution in [0.2, 0.25) is 0 Å². The molecule has 0 fully saturated rings. The van der Waals surface area contributed by atoms with Crippen LogP contribution in [0.25, 0.3) is 11.0 Å². The van der Waals surface area contributed by atoms with Crippen molar-refractivity contribution in [2.24, 2.45) is 0 Å². The predicted octanol–water partition coefficient (Wildman–Crippen LogP) is 3.64. The van der Waals surface area contributed by atoms with Crippen molar-refractivity contribution in [3.63, 3.8) is 0 Å². The van der Waals surface area contributed by atoms with Crippen LogP contribution in [0.1, 0.15) is 30.0 Å². The third kappa shape index (κ3) is 3.27. The van der Waals surface area contributed by atoms with Gasteiger partial charge in [0.15, 0.2) is 0 Å². The second-order valence-electron chi connectivity index (χ2n) is 6.51. The first-order valence-corrected chi connectivity index (χ1v) is 9.24. The van der Waals surface area contributed by atoms with Gasteiger partial charge in [-0.25, -0.2) is 0 Å². The molecule has 1 aliphatic carbocycles. The van der Waals surface area contributed by atoms with Gasteiger partial charge in [-0.05, 0) is 49.6 Å². The summed E-state index contributed by atoms with van der Waals surface area (Å²) in [5, 5.41) is 2.99. The number of benzene rings is 2. The fraction of sp³-hybridized carbons (Fsp3) is 0.316. The Kier molecular flexibility index (Phi) is 4.46. The number of rotatable bonds is 4. The molecule has 5 nitrogen and oxygen atoms in total. The first kappa shape index (κ1) is 16.2. The van der Waals surface area contributed by atoms with E-state index in [1.54, 1.807) is 0 Å². The molecule has 0 aliphatic heterocycles. The Morgan fingerprint density at radius 1 is 1.24 bits per heavy atom. The van der Waals surface area contributed by atoms with Crippen molar-refractivity contribution in [2.75, 3.05) is 18.9 Å². The SMILES string of the molecule is CN(CC(=O)Nc1cccc2nsnc12)[C@H]1CCCc2ccccc21. The number of aryl methyl sites for hydroxylation is 1. The monoisotopic (exact) mass is 352 g/mol. The lowest BCUT2D eigenvalue weighted by Gasteiger charge is -2.32. The lowest BCUT2D eigenvalue weighted by atomic mass is 9.87. The number of hydrogen-bond acceptors (Lipinski definition) is 5. The quantitative estimate of drug-likeness (QED) is 0.779. The van der Waals surface area contributed by atoms with Gasteiger partial charge in [0, 0.05) is 6.04 Å². The van der Waals surface area contributed by atoms with Crippen molar-refractivity contribution >= 4 is 34.4 Å². The summed E-state index contributed by atoms with van der Waals surface area (Å²) in [5.41, 5.74) is 5.07. The van der Waals surface area contributed by atoms with Crippen LogP contribution in [0.3, 0.4) is 0 Å². The summed E-state index contributed by atoms with van der Waals surface area (Å²) in [6.45, 7) is 0.354. The second kappa shape index (κ2) is 6.90. The molecular formula is C19H20N4OS. The minimum absolute atomic E-state index is 0.0222. The molecule has 0 saturated heterocycles. The lowest BCUT2D eigenvalue weighted by Crippen LogP contribution is -2.34. The van der Waals surface area contributed by atoms with E-state index in [9.17, 15) is 4.79 Å². The summed E-state index contributed by atoms with van der Waals surface area (Å²) in [6.07, 6.45) is 3.38. The molecule has 25 heavy (non-hydrogen) atoms. The number of likely N-dealkylation sites (N-methyl/N-ethyl adjacent to an activating group) is 1. The number of fused-ring (bicyclic) bond motifs is 2. The molecule has 1 heterocycles. The smallest absolute Gasteiger partial charge is 0.238 e. The molecule has 0 bridgehead atoms. The number of carbonyl (C=O) groups is 1. The topological polar surface area (TPSA) is 58.1 Å². The highest BCUT2D eigenvalue weighted by Crippen LogP contribution is 2.33. The molecule has 2 aromatic carbocycles. The Balaban J connectivity index is 1.47. The number of carbonyl (C=O) groups excluding carboxylic acids is 1. The molecule has 1 aliphatic rings. The number of nitrogens with zero attached hydrogens (tertiary/aromatic N) is 3. The first-order valence-electron chi connectivity index (χ1n) is 8.51. The number of hydrogen-bond donors (Lipinski definition) is 1. The molecule has 0 radical (unpaired) electrons. The summed E-state index contributed by atoms with van der Waals surface area (Å²) < 4.78 is 8.49. The molecule has 0 unspecified atom stereocenters. The molecule has 6 heteroatoms. The van der Waals surface area contributed by atoms with E-state index in [1.165, 1.54) is 11.1 Å². The second-order valence-corrected chi connectivity index (χ2v) is 7.04. The van der Waals surface area contributed by atoms with Gasteiger partial charge in [0.2, 0.25) is 5.91 Å². The maximum Gasteiger partial charge on any atom is 0.238 e. The maximum atomic E-state index is 12.5. The first-order chi connectivity index (χ1) is 12.2. The predicted molar refractivity (Wildman–Crippen MR) is 101 cm³/mol. The van der Waals surface area contributed by atoms with Crippen LogP contribution >= 0.6 is 11.7 Å². The van der Waals surface area contributed by atoms with Gasteiger partial charge in [-0.2, -0.15) is 8.75 Å².